The highest BCUT2D eigenvalue weighted by Crippen LogP contribution is 2.33. The van der Waals surface area contributed by atoms with Gasteiger partial charge in [-0.25, -0.2) is 18.4 Å². The first kappa shape index (κ1) is 23.7. The maximum Gasteiger partial charge on any atom is 0.237 e. The second-order valence-electron chi connectivity index (χ2n) is 9.45. The van der Waals surface area contributed by atoms with Crippen LogP contribution < -0.4 is 14.8 Å². The van der Waals surface area contributed by atoms with Crippen LogP contribution in [-0.2, 0) is 20.2 Å². The Kier molecular flexibility index (Phi) is 6.22. The molecule has 2 aliphatic carbocycles. The van der Waals surface area contributed by atoms with Gasteiger partial charge >= 0.3 is 0 Å². The number of rotatable bonds is 9. The Labute approximate surface area is 208 Å². The van der Waals surface area contributed by atoms with Gasteiger partial charge in [0, 0.05) is 16.6 Å². The van der Waals surface area contributed by atoms with Crippen molar-refractivity contribution in [2.24, 2.45) is 0 Å². The number of amides is 1. The molecule has 0 aliphatic heterocycles. The lowest BCUT2D eigenvalue weighted by Crippen LogP contribution is -2.35. The molecule has 0 bridgehead atoms. The maximum absolute atomic E-state index is 13.1. The van der Waals surface area contributed by atoms with E-state index in [1.807, 2.05) is 12.1 Å². The Morgan fingerprint density at radius 2 is 1.83 bits per heavy atom. The van der Waals surface area contributed by atoms with Crippen molar-refractivity contribution in [1.29, 1.82) is 0 Å². The summed E-state index contributed by atoms with van der Waals surface area (Å²) in [4.78, 5) is 26.2. The fourth-order valence-electron chi connectivity index (χ4n) is 3.52. The standard InChI is InChI=1S/C24H27N5O4S2/c1-24(2,20-14-34-23(28-20)29-35(31,32)18-10-11-18)22(30)26-16-8-6-15(7-9-16)19-12-25-13-21(27-19)33-17-4-3-5-17/h6-9,12-14,17-18H,3-5,10-11H2,1-2H3,(H,26,30)(H,28,29). The molecule has 35 heavy (non-hydrogen) atoms. The van der Waals surface area contributed by atoms with E-state index in [0.29, 0.717) is 35.8 Å². The molecule has 9 nitrogen and oxygen atoms in total. The van der Waals surface area contributed by atoms with Gasteiger partial charge in [0.2, 0.25) is 21.8 Å². The Bertz CT molecular complexity index is 1330. The molecule has 0 atom stereocenters. The van der Waals surface area contributed by atoms with Crippen LogP contribution in [0.15, 0.2) is 42.0 Å². The average molecular weight is 514 g/mol. The van der Waals surface area contributed by atoms with Crippen LogP contribution in [0.5, 0.6) is 5.88 Å². The van der Waals surface area contributed by atoms with E-state index in [2.05, 4.69) is 25.0 Å². The summed E-state index contributed by atoms with van der Waals surface area (Å²) in [6, 6.07) is 7.35. The minimum Gasteiger partial charge on any atom is -0.473 e. The van der Waals surface area contributed by atoms with Crippen LogP contribution in [-0.4, -0.2) is 40.6 Å². The van der Waals surface area contributed by atoms with Crippen molar-refractivity contribution in [3.05, 3.63) is 47.7 Å². The summed E-state index contributed by atoms with van der Waals surface area (Å²) in [5.41, 5.74) is 1.73. The topological polar surface area (TPSA) is 123 Å². The quantitative estimate of drug-likeness (QED) is 0.436. The second kappa shape index (κ2) is 9.19. The number of anilines is 2. The first-order chi connectivity index (χ1) is 16.7. The van der Waals surface area contributed by atoms with Crippen LogP contribution >= 0.6 is 11.3 Å². The smallest absolute Gasteiger partial charge is 0.237 e. The van der Waals surface area contributed by atoms with Crippen molar-refractivity contribution >= 4 is 38.1 Å². The highest BCUT2D eigenvalue weighted by molar-refractivity contribution is 7.93. The normalized spacial score (nSPS) is 16.4. The van der Waals surface area contributed by atoms with E-state index in [1.165, 1.54) is 17.8 Å². The molecule has 2 aliphatic rings. The number of sulfonamides is 1. The molecule has 2 N–H and O–H groups in total. The average Bonchev–Trinajstić information content (AvgIpc) is 3.57. The molecule has 11 heteroatoms. The largest absolute Gasteiger partial charge is 0.473 e. The molecule has 2 saturated carbocycles. The van der Waals surface area contributed by atoms with E-state index < -0.39 is 15.4 Å². The van der Waals surface area contributed by atoms with E-state index in [0.717, 1.165) is 18.4 Å². The summed E-state index contributed by atoms with van der Waals surface area (Å²) in [6.45, 7) is 3.52. The Balaban J connectivity index is 1.24. The number of hydrogen-bond donors (Lipinski definition) is 2. The predicted molar refractivity (Wildman–Crippen MR) is 135 cm³/mol. The molecule has 1 amide bonds. The first-order valence-corrected chi connectivity index (χ1v) is 14.0. The molecular weight excluding hydrogens is 486 g/mol. The minimum atomic E-state index is -3.40. The number of benzene rings is 1. The second-order valence-corrected chi connectivity index (χ2v) is 12.3. The Morgan fingerprint density at radius 3 is 2.49 bits per heavy atom. The third kappa shape index (κ3) is 5.30. The zero-order valence-electron chi connectivity index (χ0n) is 19.5. The third-order valence-electron chi connectivity index (χ3n) is 6.30. The lowest BCUT2D eigenvalue weighted by molar-refractivity contribution is -0.120. The van der Waals surface area contributed by atoms with Gasteiger partial charge in [0.15, 0.2) is 5.13 Å². The molecule has 2 heterocycles. The fraction of sp³-hybridized carbons (Fsp3) is 0.417. The fourth-order valence-corrected chi connectivity index (χ4v) is 6.00. The molecule has 0 unspecified atom stereocenters. The van der Waals surface area contributed by atoms with Crippen LogP contribution in [0.25, 0.3) is 11.3 Å². The number of hydrogen-bond acceptors (Lipinski definition) is 8. The molecule has 1 aromatic carbocycles. The van der Waals surface area contributed by atoms with E-state index >= 15 is 0 Å². The Morgan fingerprint density at radius 1 is 1.09 bits per heavy atom. The predicted octanol–water partition coefficient (Wildman–Crippen LogP) is 4.35. The highest BCUT2D eigenvalue weighted by atomic mass is 32.2. The summed E-state index contributed by atoms with van der Waals surface area (Å²) in [5, 5.41) is 4.58. The zero-order chi connectivity index (χ0) is 24.6. The van der Waals surface area contributed by atoms with Crippen LogP contribution in [0.2, 0.25) is 0 Å². The van der Waals surface area contributed by atoms with Crippen LogP contribution in [0.3, 0.4) is 0 Å². The molecule has 3 aromatic rings. The van der Waals surface area contributed by atoms with Crippen molar-refractivity contribution in [3.8, 4) is 17.1 Å². The number of nitrogens with one attached hydrogen (secondary N) is 2. The van der Waals surface area contributed by atoms with Gasteiger partial charge in [0.1, 0.15) is 6.10 Å². The van der Waals surface area contributed by atoms with Gasteiger partial charge in [0.25, 0.3) is 0 Å². The zero-order valence-corrected chi connectivity index (χ0v) is 21.2. The van der Waals surface area contributed by atoms with Gasteiger partial charge in [-0.2, -0.15) is 0 Å². The number of thiazole rings is 1. The number of carbonyl (C=O) groups is 1. The van der Waals surface area contributed by atoms with Crippen LogP contribution in [0.1, 0.15) is 51.6 Å². The highest BCUT2D eigenvalue weighted by Gasteiger charge is 2.37. The molecule has 184 valence electrons. The van der Waals surface area contributed by atoms with Gasteiger partial charge < -0.3 is 10.1 Å². The van der Waals surface area contributed by atoms with E-state index in [1.54, 1.807) is 43.8 Å². The monoisotopic (exact) mass is 513 g/mol. The van der Waals surface area contributed by atoms with Gasteiger partial charge in [-0.3, -0.25) is 14.5 Å². The lowest BCUT2D eigenvalue weighted by Gasteiger charge is -2.25. The summed E-state index contributed by atoms with van der Waals surface area (Å²) >= 11 is 1.18. The molecule has 5 rings (SSSR count). The van der Waals surface area contributed by atoms with Crippen LogP contribution in [0.4, 0.5) is 10.8 Å². The first-order valence-electron chi connectivity index (χ1n) is 11.6. The van der Waals surface area contributed by atoms with Crippen molar-refractivity contribution in [2.75, 3.05) is 10.0 Å². The van der Waals surface area contributed by atoms with E-state index in [4.69, 9.17) is 4.74 Å². The number of nitrogens with zero attached hydrogens (tertiary/aromatic N) is 3. The number of carbonyl (C=O) groups excluding carboxylic acids is 1. The third-order valence-corrected chi connectivity index (χ3v) is 9.01. The van der Waals surface area contributed by atoms with Crippen LogP contribution in [0, 0.1) is 0 Å². The number of ether oxygens (including phenoxy) is 1. The van der Waals surface area contributed by atoms with Gasteiger partial charge in [-0.15, -0.1) is 11.3 Å². The minimum absolute atomic E-state index is 0.229. The van der Waals surface area contributed by atoms with Crippen molar-refractivity contribution in [2.45, 2.75) is 62.7 Å². The van der Waals surface area contributed by atoms with Crippen molar-refractivity contribution in [1.82, 2.24) is 15.0 Å². The molecular formula is C24H27N5O4S2. The maximum atomic E-state index is 13.1. The van der Waals surface area contributed by atoms with Gasteiger partial charge in [-0.05, 0) is 58.1 Å². The molecule has 0 saturated heterocycles. The van der Waals surface area contributed by atoms with E-state index in [-0.39, 0.29) is 22.4 Å². The SMILES string of the molecule is CC(C)(C(=O)Nc1ccc(-c2cncc(OC3CCC3)n2)cc1)c1csc(NS(=O)(=O)C2CC2)n1. The van der Waals surface area contributed by atoms with E-state index in [9.17, 15) is 13.2 Å². The van der Waals surface area contributed by atoms with Crippen molar-refractivity contribution < 1.29 is 17.9 Å². The molecule has 2 aromatic heterocycles. The molecule has 0 radical (unpaired) electrons. The van der Waals surface area contributed by atoms with Gasteiger partial charge in [-0.1, -0.05) is 12.1 Å². The lowest BCUT2D eigenvalue weighted by atomic mass is 9.89. The Hall–Kier alpha value is -3.05. The molecule has 0 spiro atoms. The summed E-state index contributed by atoms with van der Waals surface area (Å²) in [6.07, 6.45) is 8.17. The summed E-state index contributed by atoms with van der Waals surface area (Å²) in [7, 11) is -3.40. The molecule has 2 fully saturated rings. The van der Waals surface area contributed by atoms with Gasteiger partial charge in [0.05, 0.1) is 34.4 Å². The number of aromatic nitrogens is 3. The summed E-state index contributed by atoms with van der Waals surface area (Å²) in [5.74, 6) is 0.274. The summed E-state index contributed by atoms with van der Waals surface area (Å²) < 4.78 is 32.7. The van der Waals surface area contributed by atoms with Crippen molar-refractivity contribution in [3.63, 3.8) is 0 Å².